The number of aromatic nitrogens is 1. The van der Waals surface area contributed by atoms with Crippen LogP contribution in [0.1, 0.15) is 30.0 Å². The maximum Gasteiger partial charge on any atom is 0.177 e. The lowest BCUT2D eigenvalue weighted by Crippen LogP contribution is -2.38. The van der Waals surface area contributed by atoms with E-state index in [4.69, 9.17) is 30.5 Å². The summed E-state index contributed by atoms with van der Waals surface area (Å²) < 4.78 is 37.4. The van der Waals surface area contributed by atoms with Crippen molar-refractivity contribution >= 4 is 35.6 Å². The first kappa shape index (κ1) is 24.8. The molecule has 0 radical (unpaired) electrons. The van der Waals surface area contributed by atoms with Gasteiger partial charge in [0.2, 0.25) is 0 Å². The van der Waals surface area contributed by atoms with Gasteiger partial charge in [-0.1, -0.05) is 11.6 Å². The summed E-state index contributed by atoms with van der Waals surface area (Å²) in [5.74, 6) is 1.26. The van der Waals surface area contributed by atoms with Crippen molar-refractivity contribution in [3.8, 4) is 5.75 Å². The summed E-state index contributed by atoms with van der Waals surface area (Å²) in [4.78, 5) is 8.64. The SMILES string of the molecule is C=Nc1nc(NC2CCc3cc(OC4COC4)cc(F)c32)c(Cl)cc1NCCC1CO[C@@H]2C(O)CO[C@H]12. The van der Waals surface area contributed by atoms with E-state index in [2.05, 4.69) is 27.3 Å². The number of aryl methyl sites for hydroxylation is 1. The molecule has 9 nitrogen and oxygen atoms in total. The van der Waals surface area contributed by atoms with Gasteiger partial charge in [-0.2, -0.15) is 0 Å². The molecule has 0 bridgehead atoms. The van der Waals surface area contributed by atoms with Crippen molar-refractivity contribution in [1.29, 1.82) is 0 Å². The Kier molecular flexibility index (Phi) is 6.93. The normalized spacial score (nSPS) is 28.5. The predicted octanol–water partition coefficient (Wildman–Crippen LogP) is 3.66. The minimum absolute atomic E-state index is 0.0138. The molecule has 4 aliphatic rings. The van der Waals surface area contributed by atoms with E-state index in [-0.39, 0.29) is 36.1 Å². The molecule has 0 amide bonds. The largest absolute Gasteiger partial charge is 0.485 e. The lowest BCUT2D eigenvalue weighted by Gasteiger charge is -2.27. The number of hydrogen-bond donors (Lipinski definition) is 3. The molecule has 5 atom stereocenters. The van der Waals surface area contributed by atoms with Gasteiger partial charge in [0, 0.05) is 24.1 Å². The third-order valence-corrected chi connectivity index (χ3v) is 7.81. The van der Waals surface area contributed by atoms with Crippen molar-refractivity contribution in [2.24, 2.45) is 10.9 Å². The lowest BCUT2D eigenvalue weighted by molar-refractivity contribution is -0.0797. The Morgan fingerprint density at radius 3 is 2.81 bits per heavy atom. The van der Waals surface area contributed by atoms with Crippen LogP contribution in [0.15, 0.2) is 23.2 Å². The number of ether oxygens (including phenoxy) is 4. The summed E-state index contributed by atoms with van der Waals surface area (Å²) in [6.07, 6.45) is 1.34. The predicted molar refractivity (Wildman–Crippen MR) is 137 cm³/mol. The molecule has 3 aliphatic heterocycles. The molecule has 3 unspecified atom stereocenters. The van der Waals surface area contributed by atoms with E-state index in [9.17, 15) is 5.11 Å². The van der Waals surface area contributed by atoms with E-state index >= 15 is 4.39 Å². The second kappa shape index (κ2) is 10.3. The van der Waals surface area contributed by atoms with Crippen LogP contribution in [-0.2, 0) is 20.6 Å². The zero-order valence-corrected chi connectivity index (χ0v) is 21.0. The molecule has 11 heteroatoms. The summed E-state index contributed by atoms with van der Waals surface area (Å²) >= 11 is 6.58. The first-order valence-corrected chi connectivity index (χ1v) is 13.0. The van der Waals surface area contributed by atoms with Gasteiger partial charge in [0.05, 0.1) is 49.3 Å². The number of fused-ring (bicyclic) bond motifs is 2. The van der Waals surface area contributed by atoms with Gasteiger partial charge >= 0.3 is 0 Å². The minimum Gasteiger partial charge on any atom is -0.485 e. The molecular formula is C26H30ClFN4O5. The Bertz CT molecular complexity index is 1180. The number of nitrogens with zero attached hydrogens (tertiary/aromatic N) is 2. The van der Waals surface area contributed by atoms with Gasteiger partial charge in [0.15, 0.2) is 5.82 Å². The lowest BCUT2D eigenvalue weighted by atomic mass is 9.98. The molecule has 3 fully saturated rings. The van der Waals surface area contributed by atoms with Gasteiger partial charge in [-0.25, -0.2) is 14.4 Å². The zero-order valence-electron chi connectivity index (χ0n) is 20.3. The number of rotatable bonds is 9. The fourth-order valence-corrected chi connectivity index (χ4v) is 5.78. The molecule has 37 heavy (non-hydrogen) atoms. The molecule has 6 rings (SSSR count). The van der Waals surface area contributed by atoms with Gasteiger partial charge in [-0.05, 0) is 43.7 Å². The van der Waals surface area contributed by atoms with Crippen molar-refractivity contribution in [2.75, 3.05) is 43.6 Å². The molecule has 3 N–H and O–H groups in total. The van der Waals surface area contributed by atoms with Crippen LogP contribution in [-0.4, -0.2) is 74.2 Å². The third-order valence-electron chi connectivity index (χ3n) is 7.53. The van der Waals surface area contributed by atoms with Crippen molar-refractivity contribution in [1.82, 2.24) is 4.98 Å². The van der Waals surface area contributed by atoms with Crippen molar-refractivity contribution in [2.45, 2.75) is 49.7 Å². The molecule has 198 valence electrons. The van der Waals surface area contributed by atoms with Gasteiger partial charge < -0.3 is 34.7 Å². The Labute approximate surface area is 219 Å². The molecule has 4 heterocycles. The van der Waals surface area contributed by atoms with E-state index in [0.29, 0.717) is 73.1 Å². The van der Waals surface area contributed by atoms with Crippen molar-refractivity contribution in [3.05, 3.63) is 40.2 Å². The molecule has 1 aromatic heterocycles. The average Bonchev–Trinajstić information content (AvgIpc) is 3.55. The van der Waals surface area contributed by atoms with E-state index in [1.165, 1.54) is 6.07 Å². The topological polar surface area (TPSA) is 106 Å². The molecule has 1 aliphatic carbocycles. The van der Waals surface area contributed by atoms with Gasteiger partial charge in [-0.15, -0.1) is 0 Å². The number of nitrogens with one attached hydrogen (secondary N) is 2. The third kappa shape index (κ3) is 4.88. The Balaban J connectivity index is 1.11. The molecule has 2 aromatic rings. The highest BCUT2D eigenvalue weighted by molar-refractivity contribution is 6.33. The summed E-state index contributed by atoms with van der Waals surface area (Å²) in [6.45, 7) is 6.23. The standard InChI is InChI=1S/C26H30ClFN4O5/c1-29-26-20(30-5-4-14-9-35-24-21(33)12-36-23(14)24)8-17(27)25(32-26)31-19-3-2-13-6-15(7-18(28)22(13)19)37-16-10-34-11-16/h6-8,14,16,19,21,23-24,30,33H,1-5,9-12H2,(H,31,32)/t14?,19?,21?,23-,24-/m1/s1. The number of aliphatic hydroxyl groups excluding tert-OH is 1. The Hall–Kier alpha value is -2.50. The molecule has 0 spiro atoms. The zero-order chi connectivity index (χ0) is 25.5. The maximum atomic E-state index is 15.1. The quantitative estimate of drug-likeness (QED) is 0.420. The number of aliphatic imine (C=N–C) groups is 1. The highest BCUT2D eigenvalue weighted by Gasteiger charge is 2.46. The molecule has 0 saturated carbocycles. The van der Waals surface area contributed by atoms with Crippen LogP contribution in [0, 0.1) is 11.7 Å². The van der Waals surface area contributed by atoms with Crippen LogP contribution in [0.3, 0.4) is 0 Å². The van der Waals surface area contributed by atoms with Crippen LogP contribution < -0.4 is 15.4 Å². The van der Waals surface area contributed by atoms with Gasteiger partial charge in [-0.3, -0.25) is 0 Å². The van der Waals surface area contributed by atoms with Crippen LogP contribution in [0.5, 0.6) is 5.75 Å². The Morgan fingerprint density at radius 1 is 1.19 bits per heavy atom. The highest BCUT2D eigenvalue weighted by atomic mass is 35.5. The van der Waals surface area contributed by atoms with Crippen LogP contribution in [0.4, 0.5) is 21.7 Å². The fourth-order valence-electron chi connectivity index (χ4n) is 5.57. The summed E-state index contributed by atoms with van der Waals surface area (Å²) in [5, 5.41) is 17.0. The summed E-state index contributed by atoms with van der Waals surface area (Å²) in [6, 6.07) is 4.83. The smallest absolute Gasteiger partial charge is 0.177 e. The fraction of sp³-hybridized carbons (Fsp3) is 0.538. The number of hydrogen-bond acceptors (Lipinski definition) is 9. The highest BCUT2D eigenvalue weighted by Crippen LogP contribution is 2.41. The maximum absolute atomic E-state index is 15.1. The van der Waals surface area contributed by atoms with Crippen LogP contribution in [0.2, 0.25) is 5.02 Å². The summed E-state index contributed by atoms with van der Waals surface area (Å²) in [5.41, 5.74) is 2.19. The second-order valence-electron chi connectivity index (χ2n) is 9.98. The molecular weight excluding hydrogens is 503 g/mol. The van der Waals surface area contributed by atoms with E-state index < -0.39 is 6.10 Å². The monoisotopic (exact) mass is 532 g/mol. The average molecular weight is 533 g/mol. The number of aliphatic hydroxyl groups is 1. The van der Waals surface area contributed by atoms with E-state index in [1.807, 2.05) is 6.07 Å². The minimum atomic E-state index is -0.555. The van der Waals surface area contributed by atoms with Crippen molar-refractivity contribution < 1.29 is 28.4 Å². The summed E-state index contributed by atoms with van der Waals surface area (Å²) in [7, 11) is 0. The number of halogens is 2. The van der Waals surface area contributed by atoms with Gasteiger partial charge in [0.1, 0.15) is 35.7 Å². The molecule has 3 saturated heterocycles. The van der Waals surface area contributed by atoms with Gasteiger partial charge in [0.25, 0.3) is 0 Å². The number of anilines is 2. The Morgan fingerprint density at radius 2 is 2.03 bits per heavy atom. The van der Waals surface area contributed by atoms with E-state index in [1.54, 1.807) is 6.07 Å². The number of pyridine rings is 1. The molecule has 1 aromatic carbocycles. The first-order valence-electron chi connectivity index (χ1n) is 12.7. The van der Waals surface area contributed by atoms with Crippen LogP contribution >= 0.6 is 11.6 Å². The number of benzene rings is 1. The van der Waals surface area contributed by atoms with Crippen molar-refractivity contribution in [3.63, 3.8) is 0 Å². The second-order valence-corrected chi connectivity index (χ2v) is 10.4. The van der Waals surface area contributed by atoms with Crippen LogP contribution in [0.25, 0.3) is 0 Å². The first-order chi connectivity index (χ1) is 18.0. The van der Waals surface area contributed by atoms with E-state index in [0.717, 1.165) is 18.4 Å².